The fourth-order valence-corrected chi connectivity index (χ4v) is 6.11. The van der Waals surface area contributed by atoms with Crippen LogP contribution in [-0.2, 0) is 28.6 Å². The molecule has 0 amide bonds. The average molecular weight is 857 g/mol. The quantitative estimate of drug-likeness (QED) is 0.0263. The van der Waals surface area contributed by atoms with Crippen molar-refractivity contribution in [3.63, 3.8) is 0 Å². The number of carbonyl (C=O) groups is 3. The summed E-state index contributed by atoms with van der Waals surface area (Å²) in [6.45, 7) is 6.20. The molecule has 1 unspecified atom stereocenters. The molecule has 0 aromatic rings. The summed E-state index contributed by atoms with van der Waals surface area (Å²) < 4.78 is 16.7. The van der Waals surface area contributed by atoms with Crippen LogP contribution in [-0.4, -0.2) is 37.2 Å². The second-order valence-electron chi connectivity index (χ2n) is 15.6. The number of rotatable bonds is 42. The van der Waals surface area contributed by atoms with Crippen molar-refractivity contribution in [1.82, 2.24) is 0 Å². The Morgan fingerprint density at radius 2 is 0.581 bits per heavy atom. The Morgan fingerprint density at radius 1 is 0.323 bits per heavy atom. The van der Waals surface area contributed by atoms with Gasteiger partial charge in [-0.2, -0.15) is 0 Å². The van der Waals surface area contributed by atoms with Crippen LogP contribution in [0.3, 0.4) is 0 Å². The summed E-state index contributed by atoms with van der Waals surface area (Å²) >= 11 is 0. The molecule has 62 heavy (non-hydrogen) atoms. The van der Waals surface area contributed by atoms with Gasteiger partial charge in [-0.25, -0.2) is 0 Å². The van der Waals surface area contributed by atoms with Gasteiger partial charge in [0.05, 0.1) is 0 Å². The first kappa shape index (κ1) is 57.8. The lowest BCUT2D eigenvalue weighted by molar-refractivity contribution is -0.167. The van der Waals surface area contributed by atoms with Crippen molar-refractivity contribution in [3.05, 3.63) is 122 Å². The van der Waals surface area contributed by atoms with Crippen molar-refractivity contribution in [2.45, 2.75) is 200 Å². The zero-order valence-electron chi connectivity index (χ0n) is 39.6. The fourth-order valence-electron chi connectivity index (χ4n) is 6.11. The molecule has 0 saturated carbocycles. The van der Waals surface area contributed by atoms with E-state index in [1.165, 1.54) is 0 Å². The summed E-state index contributed by atoms with van der Waals surface area (Å²) in [4.78, 5) is 37.9. The van der Waals surface area contributed by atoms with Crippen LogP contribution in [0.4, 0.5) is 0 Å². The number of unbranched alkanes of at least 4 members (excludes halogenated alkanes) is 11. The lowest BCUT2D eigenvalue weighted by Gasteiger charge is -2.18. The number of ether oxygens (including phenoxy) is 3. The monoisotopic (exact) mass is 857 g/mol. The molecule has 0 rings (SSSR count). The summed E-state index contributed by atoms with van der Waals surface area (Å²) in [5, 5.41) is 0. The molecule has 0 heterocycles. The molecular formula is C56H88O6. The summed E-state index contributed by atoms with van der Waals surface area (Å²) in [5.74, 6) is -1.00. The number of hydrogen-bond acceptors (Lipinski definition) is 6. The maximum atomic E-state index is 12.8. The highest BCUT2D eigenvalue weighted by atomic mass is 16.6. The minimum Gasteiger partial charge on any atom is -0.462 e. The van der Waals surface area contributed by atoms with Gasteiger partial charge in [0.2, 0.25) is 0 Å². The SMILES string of the molecule is CC/C=C\C/C=C\C/C=C\C/C=C\CCCCCC(=O)OCC(COC(=O)CCCCCCC/C=C\C/C=C\CC)OC(=O)CCCCC/C=C\C/C=C\C/C=C\C/C=C\CC. The van der Waals surface area contributed by atoms with Crippen LogP contribution in [0.5, 0.6) is 0 Å². The van der Waals surface area contributed by atoms with Crippen molar-refractivity contribution in [3.8, 4) is 0 Å². The fraction of sp³-hybridized carbons (Fsp3) is 0.589. The minimum absolute atomic E-state index is 0.113. The van der Waals surface area contributed by atoms with Gasteiger partial charge in [0.1, 0.15) is 13.2 Å². The molecular weight excluding hydrogens is 769 g/mol. The normalized spacial score (nSPS) is 13.1. The molecule has 348 valence electrons. The summed E-state index contributed by atoms with van der Waals surface area (Å²) in [6.07, 6.45) is 67.5. The van der Waals surface area contributed by atoms with Crippen molar-refractivity contribution in [1.29, 1.82) is 0 Å². The van der Waals surface area contributed by atoms with Crippen molar-refractivity contribution >= 4 is 17.9 Å². The van der Waals surface area contributed by atoms with E-state index in [2.05, 4.69) is 142 Å². The van der Waals surface area contributed by atoms with Crippen molar-refractivity contribution in [2.75, 3.05) is 13.2 Å². The van der Waals surface area contributed by atoms with Crippen LogP contribution in [0.15, 0.2) is 122 Å². The third-order valence-electron chi connectivity index (χ3n) is 9.69. The molecule has 1 atom stereocenters. The topological polar surface area (TPSA) is 78.9 Å². The number of carbonyl (C=O) groups excluding carboxylic acids is 3. The minimum atomic E-state index is -0.816. The van der Waals surface area contributed by atoms with Crippen LogP contribution in [0, 0.1) is 0 Å². The Morgan fingerprint density at radius 3 is 0.919 bits per heavy atom. The van der Waals surface area contributed by atoms with Gasteiger partial charge in [0.25, 0.3) is 0 Å². The molecule has 0 saturated heterocycles. The molecule has 0 spiro atoms. The molecule has 0 aromatic heterocycles. The van der Waals surface area contributed by atoms with Crippen molar-refractivity contribution in [2.24, 2.45) is 0 Å². The van der Waals surface area contributed by atoms with E-state index in [-0.39, 0.29) is 37.5 Å². The van der Waals surface area contributed by atoms with Gasteiger partial charge < -0.3 is 14.2 Å². The summed E-state index contributed by atoms with van der Waals surface area (Å²) in [7, 11) is 0. The molecule has 0 fully saturated rings. The van der Waals surface area contributed by atoms with Gasteiger partial charge in [-0.1, -0.05) is 174 Å². The Kier molecular flexibility index (Phi) is 46.1. The van der Waals surface area contributed by atoms with Gasteiger partial charge in [0.15, 0.2) is 6.10 Å². The van der Waals surface area contributed by atoms with E-state index in [4.69, 9.17) is 14.2 Å². The molecule has 0 bridgehead atoms. The zero-order chi connectivity index (χ0) is 45.1. The average Bonchev–Trinajstić information content (AvgIpc) is 3.27. The van der Waals surface area contributed by atoms with E-state index in [0.29, 0.717) is 19.3 Å². The lowest BCUT2D eigenvalue weighted by Crippen LogP contribution is -2.30. The molecule has 0 aliphatic heterocycles. The molecule has 0 N–H and O–H groups in total. The molecule has 0 aromatic carbocycles. The highest BCUT2D eigenvalue weighted by molar-refractivity contribution is 5.71. The molecule has 0 aliphatic rings. The van der Waals surface area contributed by atoms with Crippen LogP contribution < -0.4 is 0 Å². The first-order valence-electron chi connectivity index (χ1n) is 24.5. The second kappa shape index (κ2) is 49.5. The maximum Gasteiger partial charge on any atom is 0.306 e. The number of allylic oxidation sites excluding steroid dienone is 20. The third-order valence-corrected chi connectivity index (χ3v) is 9.69. The van der Waals surface area contributed by atoms with Gasteiger partial charge >= 0.3 is 17.9 Å². The predicted molar refractivity (Wildman–Crippen MR) is 265 cm³/mol. The van der Waals surface area contributed by atoms with Gasteiger partial charge in [-0.3, -0.25) is 14.4 Å². The number of esters is 3. The summed E-state index contributed by atoms with van der Waals surface area (Å²) in [6, 6.07) is 0. The molecule has 6 nitrogen and oxygen atoms in total. The Hall–Kier alpha value is -4.19. The molecule has 0 radical (unpaired) electrons. The number of hydrogen-bond donors (Lipinski definition) is 0. The van der Waals surface area contributed by atoms with E-state index in [0.717, 1.165) is 148 Å². The Bertz CT molecular complexity index is 1350. The first-order chi connectivity index (χ1) is 30.5. The maximum absolute atomic E-state index is 12.8. The van der Waals surface area contributed by atoms with E-state index in [1.807, 2.05) is 0 Å². The van der Waals surface area contributed by atoms with Gasteiger partial charge in [0, 0.05) is 19.3 Å². The highest BCUT2D eigenvalue weighted by Gasteiger charge is 2.19. The molecule has 0 aliphatic carbocycles. The Balaban J connectivity index is 4.54. The second-order valence-corrected chi connectivity index (χ2v) is 15.6. The smallest absolute Gasteiger partial charge is 0.306 e. The third kappa shape index (κ3) is 46.9. The van der Waals surface area contributed by atoms with E-state index < -0.39 is 6.10 Å². The van der Waals surface area contributed by atoms with E-state index >= 15 is 0 Å². The standard InChI is InChI=1S/C56H88O6/c1-4-7-10-13-16-19-22-25-27-29-31-34-37-40-43-46-49-55(58)61-52-53(51-60-54(57)48-45-42-39-36-33-24-21-18-15-12-9-6-3)62-56(59)50-47-44-41-38-35-32-30-28-26-23-20-17-14-11-8-5-2/h7-12,16-21,25-28,31-32,34-35,53H,4-6,13-15,22-24,29-30,33,36-52H2,1-3H3/b10-7-,11-8-,12-9-,19-16-,20-17-,21-18-,27-25-,28-26-,34-31-,35-32-. The van der Waals surface area contributed by atoms with Gasteiger partial charge in [-0.15, -0.1) is 0 Å². The predicted octanol–water partition coefficient (Wildman–Crippen LogP) is 16.1. The van der Waals surface area contributed by atoms with Crippen LogP contribution in [0.25, 0.3) is 0 Å². The highest BCUT2D eigenvalue weighted by Crippen LogP contribution is 2.12. The van der Waals surface area contributed by atoms with Crippen LogP contribution in [0.2, 0.25) is 0 Å². The van der Waals surface area contributed by atoms with Gasteiger partial charge in [-0.05, 0) is 122 Å². The Labute approximate surface area is 380 Å². The van der Waals surface area contributed by atoms with E-state index in [1.54, 1.807) is 0 Å². The molecule has 6 heteroatoms. The van der Waals surface area contributed by atoms with Crippen LogP contribution in [0.1, 0.15) is 194 Å². The van der Waals surface area contributed by atoms with Crippen molar-refractivity contribution < 1.29 is 28.6 Å². The van der Waals surface area contributed by atoms with Crippen LogP contribution >= 0.6 is 0 Å². The summed E-state index contributed by atoms with van der Waals surface area (Å²) in [5.41, 5.74) is 0. The first-order valence-corrected chi connectivity index (χ1v) is 24.5. The lowest BCUT2D eigenvalue weighted by atomic mass is 10.1. The zero-order valence-corrected chi connectivity index (χ0v) is 39.6. The largest absolute Gasteiger partial charge is 0.462 e. The van der Waals surface area contributed by atoms with E-state index in [9.17, 15) is 14.4 Å².